The van der Waals surface area contributed by atoms with Crippen LogP contribution in [0.15, 0.2) is 16.8 Å². The van der Waals surface area contributed by atoms with E-state index in [4.69, 9.17) is 15.3 Å². The second kappa shape index (κ2) is 3.66. The molecule has 1 aromatic rings. The number of aliphatic hydroxyl groups is 2. The van der Waals surface area contributed by atoms with Crippen LogP contribution in [0.1, 0.15) is 11.5 Å². The van der Waals surface area contributed by atoms with E-state index in [2.05, 4.69) is 0 Å². The lowest BCUT2D eigenvalue weighted by atomic mass is 10.0. The molecule has 0 saturated carbocycles. The molecule has 1 aromatic heterocycles. The maximum absolute atomic E-state index is 10.5. The van der Waals surface area contributed by atoms with Crippen LogP contribution in [0.4, 0.5) is 0 Å². The summed E-state index contributed by atoms with van der Waals surface area (Å²) < 4.78 is 0. The Kier molecular flexibility index (Phi) is 2.80. The van der Waals surface area contributed by atoms with Gasteiger partial charge in [-0.2, -0.15) is 11.3 Å². The van der Waals surface area contributed by atoms with Crippen LogP contribution >= 0.6 is 11.3 Å². The highest BCUT2D eigenvalue weighted by Gasteiger charge is 2.26. The van der Waals surface area contributed by atoms with E-state index in [1.54, 1.807) is 16.8 Å². The summed E-state index contributed by atoms with van der Waals surface area (Å²) >= 11 is 1.32. The van der Waals surface area contributed by atoms with E-state index in [1.807, 2.05) is 0 Å². The number of aliphatic hydroxyl groups excluding tert-OH is 1. The molecule has 0 saturated heterocycles. The van der Waals surface area contributed by atoms with Crippen molar-refractivity contribution in [2.24, 2.45) is 0 Å². The van der Waals surface area contributed by atoms with Gasteiger partial charge in [0.15, 0.2) is 6.29 Å². The highest BCUT2D eigenvalue weighted by Crippen LogP contribution is 2.21. The molecular formula is C7H8O4S. The summed E-state index contributed by atoms with van der Waals surface area (Å²) in [5.41, 5.74) is 0.419. The normalized spacial score (nSPS) is 13.2. The SMILES string of the molecule is O=C(O)C(c1ccsc1)C(O)O. The molecule has 0 bridgehead atoms. The smallest absolute Gasteiger partial charge is 0.316 e. The first-order valence-electron chi connectivity index (χ1n) is 3.24. The van der Waals surface area contributed by atoms with Crippen molar-refractivity contribution in [2.75, 3.05) is 0 Å². The fraction of sp³-hybridized carbons (Fsp3) is 0.286. The number of rotatable bonds is 3. The van der Waals surface area contributed by atoms with Crippen LogP contribution in [0.25, 0.3) is 0 Å². The second-order valence-corrected chi connectivity index (χ2v) is 3.07. The molecule has 1 unspecified atom stereocenters. The van der Waals surface area contributed by atoms with Gasteiger partial charge in [-0.3, -0.25) is 4.79 Å². The second-order valence-electron chi connectivity index (χ2n) is 2.29. The minimum Gasteiger partial charge on any atom is -0.481 e. The third-order valence-corrected chi connectivity index (χ3v) is 2.17. The van der Waals surface area contributed by atoms with E-state index in [-0.39, 0.29) is 0 Å². The highest BCUT2D eigenvalue weighted by molar-refractivity contribution is 7.08. The summed E-state index contributed by atoms with van der Waals surface area (Å²) in [5.74, 6) is -2.47. The van der Waals surface area contributed by atoms with Gasteiger partial charge in [0, 0.05) is 0 Å². The standard InChI is InChI=1S/C7H8O4S/c8-6(9)5(7(10)11)4-1-2-12-3-4/h1-3,5-6,8-9H,(H,10,11). The van der Waals surface area contributed by atoms with Gasteiger partial charge in [-0.15, -0.1) is 0 Å². The number of hydrogen-bond acceptors (Lipinski definition) is 4. The Morgan fingerprint density at radius 3 is 2.50 bits per heavy atom. The van der Waals surface area contributed by atoms with Crippen LogP contribution in [0.2, 0.25) is 0 Å². The lowest BCUT2D eigenvalue weighted by molar-refractivity contribution is -0.150. The Bertz CT molecular complexity index is 254. The van der Waals surface area contributed by atoms with Gasteiger partial charge in [0.05, 0.1) is 0 Å². The Morgan fingerprint density at radius 2 is 2.17 bits per heavy atom. The third kappa shape index (κ3) is 1.82. The van der Waals surface area contributed by atoms with Gasteiger partial charge in [0.2, 0.25) is 0 Å². The number of carboxylic acid groups (broad SMARTS) is 1. The molecule has 5 heteroatoms. The van der Waals surface area contributed by atoms with E-state index in [0.29, 0.717) is 5.56 Å². The lowest BCUT2D eigenvalue weighted by Crippen LogP contribution is -2.24. The number of hydrogen-bond donors (Lipinski definition) is 3. The zero-order chi connectivity index (χ0) is 9.14. The maximum Gasteiger partial charge on any atom is 0.316 e. The minimum atomic E-state index is -1.85. The van der Waals surface area contributed by atoms with E-state index in [1.165, 1.54) is 11.3 Å². The van der Waals surface area contributed by atoms with Crippen molar-refractivity contribution in [2.45, 2.75) is 12.2 Å². The molecule has 0 radical (unpaired) electrons. The van der Waals surface area contributed by atoms with Crippen LogP contribution in [-0.2, 0) is 4.79 Å². The van der Waals surface area contributed by atoms with Crippen LogP contribution in [0.5, 0.6) is 0 Å². The largest absolute Gasteiger partial charge is 0.481 e. The fourth-order valence-corrected chi connectivity index (χ4v) is 1.59. The van der Waals surface area contributed by atoms with Gasteiger partial charge < -0.3 is 15.3 Å². The molecule has 1 heterocycles. The molecule has 0 spiro atoms. The monoisotopic (exact) mass is 188 g/mol. The lowest BCUT2D eigenvalue weighted by Gasteiger charge is -2.11. The quantitative estimate of drug-likeness (QED) is 0.593. The predicted molar refractivity (Wildman–Crippen MR) is 42.9 cm³/mol. The first kappa shape index (κ1) is 9.18. The average molecular weight is 188 g/mol. The molecular weight excluding hydrogens is 180 g/mol. The summed E-state index contributed by atoms with van der Waals surface area (Å²) in [6.07, 6.45) is -1.85. The van der Waals surface area contributed by atoms with Crippen LogP contribution in [0.3, 0.4) is 0 Å². The Hall–Kier alpha value is -0.910. The number of carbonyl (C=O) groups is 1. The molecule has 12 heavy (non-hydrogen) atoms. The van der Waals surface area contributed by atoms with Crippen molar-refractivity contribution in [3.8, 4) is 0 Å². The zero-order valence-electron chi connectivity index (χ0n) is 6.04. The Morgan fingerprint density at radius 1 is 1.50 bits per heavy atom. The topological polar surface area (TPSA) is 77.8 Å². The van der Waals surface area contributed by atoms with E-state index >= 15 is 0 Å². The molecule has 0 fully saturated rings. The molecule has 0 amide bonds. The van der Waals surface area contributed by atoms with Gasteiger partial charge in [-0.1, -0.05) is 0 Å². The number of aliphatic carboxylic acids is 1. The van der Waals surface area contributed by atoms with Crippen molar-refractivity contribution in [1.29, 1.82) is 0 Å². The zero-order valence-corrected chi connectivity index (χ0v) is 6.86. The highest BCUT2D eigenvalue weighted by atomic mass is 32.1. The summed E-state index contributed by atoms with van der Waals surface area (Å²) in [5, 5.41) is 29.3. The predicted octanol–water partition coefficient (Wildman–Crippen LogP) is 0.227. The van der Waals surface area contributed by atoms with Crippen molar-refractivity contribution in [3.05, 3.63) is 22.4 Å². The van der Waals surface area contributed by atoms with Crippen molar-refractivity contribution in [1.82, 2.24) is 0 Å². The average Bonchev–Trinajstić information content (AvgIpc) is 2.37. The van der Waals surface area contributed by atoms with E-state index in [0.717, 1.165) is 0 Å². The molecule has 4 nitrogen and oxygen atoms in total. The maximum atomic E-state index is 10.5. The Labute approximate surface area is 72.7 Å². The summed E-state index contributed by atoms with van der Waals surface area (Å²) in [6, 6.07) is 1.56. The summed E-state index contributed by atoms with van der Waals surface area (Å²) in [6.45, 7) is 0. The number of thiophene rings is 1. The molecule has 1 rings (SSSR count). The van der Waals surface area contributed by atoms with Crippen LogP contribution in [-0.4, -0.2) is 27.6 Å². The number of carboxylic acids is 1. The van der Waals surface area contributed by atoms with Crippen molar-refractivity contribution in [3.63, 3.8) is 0 Å². The molecule has 3 N–H and O–H groups in total. The van der Waals surface area contributed by atoms with Gasteiger partial charge in [0.25, 0.3) is 0 Å². The molecule has 0 aliphatic carbocycles. The van der Waals surface area contributed by atoms with Crippen LogP contribution in [0, 0.1) is 0 Å². The molecule has 1 atom stereocenters. The molecule has 66 valence electrons. The van der Waals surface area contributed by atoms with Crippen molar-refractivity contribution < 1.29 is 20.1 Å². The van der Waals surface area contributed by atoms with Gasteiger partial charge in [-0.25, -0.2) is 0 Å². The van der Waals surface area contributed by atoms with Crippen LogP contribution < -0.4 is 0 Å². The van der Waals surface area contributed by atoms with Gasteiger partial charge in [-0.05, 0) is 22.4 Å². The summed E-state index contributed by atoms with van der Waals surface area (Å²) in [7, 11) is 0. The van der Waals surface area contributed by atoms with Crippen molar-refractivity contribution >= 4 is 17.3 Å². The van der Waals surface area contributed by atoms with Gasteiger partial charge >= 0.3 is 5.97 Å². The first-order chi connectivity index (χ1) is 5.63. The minimum absolute atomic E-state index is 0.419. The molecule has 0 aliphatic rings. The third-order valence-electron chi connectivity index (χ3n) is 1.47. The van der Waals surface area contributed by atoms with E-state index in [9.17, 15) is 4.79 Å². The summed E-state index contributed by atoms with van der Waals surface area (Å²) in [4.78, 5) is 10.5. The van der Waals surface area contributed by atoms with Gasteiger partial charge in [0.1, 0.15) is 5.92 Å². The molecule has 0 aliphatic heterocycles. The van der Waals surface area contributed by atoms with E-state index < -0.39 is 18.2 Å². The first-order valence-corrected chi connectivity index (χ1v) is 4.18. The molecule has 0 aromatic carbocycles. The fourth-order valence-electron chi connectivity index (χ4n) is 0.894. The Balaban J connectivity index is 2.88.